The Balaban J connectivity index is 0.000000247. The third-order valence-corrected chi connectivity index (χ3v) is 12.3. The van der Waals surface area contributed by atoms with Crippen molar-refractivity contribution in [2.75, 3.05) is 11.5 Å². The maximum Gasteiger partial charge on any atom is 0.221 e. The summed E-state index contributed by atoms with van der Waals surface area (Å²) in [4.78, 5) is 40.4. The lowest BCUT2D eigenvalue weighted by atomic mass is 10.1. The molecule has 0 bridgehead atoms. The number of alkyl halides is 1. The standard InChI is InChI=1S/C21H18N8.C13H8N4.C8H10ClN.C8H10N4.C8H11NO.C7H9NO2.Cl2OS/c1-2-16-7-4-8-17(24-16)12-29-13-20(27-28-29)19-10-18(25-21(23)26-19)15-6-3-5-14(9-15)11-22;1-2-11-7-12(17-13(15)16-11)10-5-3-4-9(6-10)8-14;1-2-7-4-3-5-8(6-9)10-7;1-2-7-4-3-5-8(11-7)6-10-12-9;1-2-7-4-3-5-8(6-10)9-7;9-4-6-2-1-3-7(5-10)8-6;1-4(2)3/h3-10,13H,2,12H2,1H3,(H2,23,25,26);1,3-7H,(H2,15,16,17);3-5H,2,6H2,1H3;3-5H,2,6H2,1H3;3-5,10H,2,6H2,1H3;1-3,9-10H,4-5H2;. The van der Waals surface area contributed by atoms with Gasteiger partial charge in [-0.2, -0.15) is 10.5 Å². The Hall–Kier alpha value is -10.2. The lowest BCUT2D eigenvalue weighted by Crippen LogP contribution is -2.03. The number of nitrogen functional groups attached to an aromatic ring is 2. The van der Waals surface area contributed by atoms with Crippen molar-refractivity contribution in [3.05, 3.63) is 242 Å². The van der Waals surface area contributed by atoms with Gasteiger partial charge in [-0.15, -0.1) is 23.1 Å². The van der Waals surface area contributed by atoms with E-state index >= 15 is 0 Å². The zero-order valence-electron chi connectivity index (χ0n) is 50.7. The van der Waals surface area contributed by atoms with Gasteiger partial charge in [-0.3, -0.25) is 24.9 Å². The van der Waals surface area contributed by atoms with E-state index in [2.05, 4.69) is 118 Å². The molecule has 92 heavy (non-hydrogen) atoms. The summed E-state index contributed by atoms with van der Waals surface area (Å²) in [6.45, 7) is 8.98. The van der Waals surface area contributed by atoms with E-state index in [-0.39, 0.29) is 31.7 Å². The fourth-order valence-electron chi connectivity index (χ4n) is 7.64. The molecular weight excluding hydrogens is 1250 g/mol. The van der Waals surface area contributed by atoms with E-state index in [1.807, 2.05) is 98.8 Å². The Morgan fingerprint density at radius 3 is 1.37 bits per heavy atom. The number of hydrogen-bond donors (Lipinski definition) is 5. The number of anilines is 2. The van der Waals surface area contributed by atoms with Crippen LogP contribution in [0.1, 0.15) is 101 Å². The molecule has 8 aromatic heterocycles. The van der Waals surface area contributed by atoms with E-state index in [1.54, 1.807) is 77.6 Å². The maximum atomic E-state index is 9.12. The summed E-state index contributed by atoms with van der Waals surface area (Å²) in [5.41, 5.74) is 33.9. The largest absolute Gasteiger partial charge is 0.390 e. The number of aliphatic hydroxyl groups excluding tert-OH is 3. The Labute approximate surface area is 550 Å². The van der Waals surface area contributed by atoms with Crippen LogP contribution in [-0.2, 0) is 73.7 Å². The van der Waals surface area contributed by atoms with Gasteiger partial charge in [0.25, 0.3) is 0 Å². The second-order valence-electron chi connectivity index (χ2n) is 18.5. The van der Waals surface area contributed by atoms with E-state index in [0.29, 0.717) is 70.0 Å². The zero-order valence-corrected chi connectivity index (χ0v) is 53.8. The SMILES string of the molecule is C#Cc1cc(-c2cccc(C#N)c2)nc(N)n1.CCc1cccc(CCl)n1.CCc1cccc(CN=[N+]=[N-])n1.CCc1cccc(CO)n1.CCc1cccc(Cn2cc(-c3cc(-c4cccc(C#N)c4)nc(N)n3)nn2)n1.O=S(Cl)Cl.OCc1cccc(CO)n1. The molecule has 0 fully saturated rings. The highest BCUT2D eigenvalue weighted by molar-refractivity contribution is 8.26. The number of aliphatic hydroxyl groups is 3. The molecule has 7 N–H and O–H groups in total. The molecule has 2 aromatic carbocycles. The molecule has 10 aromatic rings. The van der Waals surface area contributed by atoms with E-state index in [1.165, 1.54) is 0 Å². The molecule has 0 unspecified atom stereocenters. The third-order valence-electron chi connectivity index (χ3n) is 12.0. The molecule has 27 heteroatoms. The number of rotatable bonds is 15. The molecule has 0 aliphatic carbocycles. The van der Waals surface area contributed by atoms with E-state index in [0.717, 1.165) is 82.4 Å². The lowest BCUT2D eigenvalue weighted by molar-refractivity contribution is 0.265. The average Bonchev–Trinajstić information content (AvgIpc) is 1.56. The van der Waals surface area contributed by atoms with Crippen molar-refractivity contribution >= 4 is 54.1 Å². The van der Waals surface area contributed by atoms with E-state index in [9.17, 15) is 0 Å². The highest BCUT2D eigenvalue weighted by atomic mass is 36.0. The van der Waals surface area contributed by atoms with Crippen LogP contribution in [-0.4, -0.2) is 79.4 Å². The average molecular weight is 1320 g/mol. The summed E-state index contributed by atoms with van der Waals surface area (Å²) >= 11 is 5.59. The van der Waals surface area contributed by atoms with Crippen LogP contribution in [0.3, 0.4) is 0 Å². The maximum absolute atomic E-state index is 9.12. The van der Waals surface area contributed by atoms with Crippen molar-refractivity contribution in [1.29, 1.82) is 10.5 Å². The Morgan fingerprint density at radius 2 is 0.924 bits per heavy atom. The lowest BCUT2D eigenvalue weighted by Gasteiger charge is -2.05. The molecule has 472 valence electrons. The topological polar surface area (TPSA) is 373 Å². The van der Waals surface area contributed by atoms with Crippen LogP contribution in [0.4, 0.5) is 11.9 Å². The van der Waals surface area contributed by atoms with Crippen LogP contribution in [0.5, 0.6) is 0 Å². The van der Waals surface area contributed by atoms with Crippen LogP contribution < -0.4 is 11.5 Å². The quantitative estimate of drug-likeness (QED) is 0.0159. The minimum atomic E-state index is -1.67. The molecule has 0 saturated carbocycles. The highest BCUT2D eigenvalue weighted by Gasteiger charge is 2.12. The van der Waals surface area contributed by atoms with Gasteiger partial charge in [0.2, 0.25) is 21.1 Å². The third kappa shape index (κ3) is 27.3. The van der Waals surface area contributed by atoms with Crippen LogP contribution in [0.2, 0.25) is 0 Å². The number of azide groups is 1. The fourth-order valence-corrected chi connectivity index (χ4v) is 7.79. The zero-order chi connectivity index (χ0) is 67.0. The number of nitrogens with two attached hydrogens (primary N) is 2. The van der Waals surface area contributed by atoms with E-state index in [4.69, 9.17) is 65.1 Å². The predicted molar refractivity (Wildman–Crippen MR) is 358 cm³/mol. The summed E-state index contributed by atoms with van der Waals surface area (Å²) in [7, 11) is 7.36. The molecule has 8 heterocycles. The van der Waals surface area contributed by atoms with Gasteiger partial charge in [-0.05, 0) is 128 Å². The number of hydrogen-bond acceptors (Lipinski definition) is 20. The molecule has 0 saturated heterocycles. The summed E-state index contributed by atoms with van der Waals surface area (Å²) < 4.78 is 10.8. The molecule has 0 amide bonds. The number of nitriles is 2. The molecule has 0 aliphatic rings. The van der Waals surface area contributed by atoms with Gasteiger partial charge in [0.1, 0.15) is 11.4 Å². The molecule has 0 radical (unpaired) electrons. The number of aromatic nitrogens is 12. The van der Waals surface area contributed by atoms with Gasteiger partial charge in [0, 0.05) is 65.9 Å². The first-order chi connectivity index (χ1) is 44.6. The normalized spacial score (nSPS) is 9.83. The predicted octanol–water partition coefficient (Wildman–Crippen LogP) is 11.5. The number of halogens is 3. The summed E-state index contributed by atoms with van der Waals surface area (Å²) in [5, 5.41) is 55.7. The van der Waals surface area contributed by atoms with Crippen molar-refractivity contribution in [3.8, 4) is 58.4 Å². The van der Waals surface area contributed by atoms with Crippen molar-refractivity contribution < 1.29 is 19.5 Å². The van der Waals surface area contributed by atoms with Gasteiger partial charge < -0.3 is 26.8 Å². The van der Waals surface area contributed by atoms with Crippen molar-refractivity contribution in [2.24, 2.45) is 5.11 Å². The van der Waals surface area contributed by atoms with Crippen LogP contribution in [0, 0.1) is 35.0 Å². The number of pyridine rings is 5. The van der Waals surface area contributed by atoms with Crippen LogP contribution >= 0.6 is 33.0 Å². The van der Waals surface area contributed by atoms with Gasteiger partial charge in [0.05, 0.1) is 114 Å². The molecule has 0 aliphatic heterocycles. The van der Waals surface area contributed by atoms with Crippen molar-refractivity contribution in [3.63, 3.8) is 0 Å². The second kappa shape index (κ2) is 41.9. The number of benzene rings is 2. The molecule has 0 spiro atoms. The van der Waals surface area contributed by atoms with Gasteiger partial charge in [-0.25, -0.2) is 28.8 Å². The number of nitrogens with zero attached hydrogens (tertiary/aromatic N) is 17. The van der Waals surface area contributed by atoms with Crippen LogP contribution in [0.25, 0.3) is 44.3 Å². The van der Waals surface area contributed by atoms with Gasteiger partial charge in [-0.1, -0.05) is 98.5 Å². The Kier molecular flexibility index (Phi) is 33.9. The first kappa shape index (κ1) is 74.3. The molecule has 10 rings (SSSR count). The molecular formula is C65H66Cl3N19O4S. The van der Waals surface area contributed by atoms with Crippen LogP contribution in [0.15, 0.2) is 163 Å². The molecule has 23 nitrogen and oxygen atoms in total. The summed E-state index contributed by atoms with van der Waals surface area (Å²) in [6.07, 6.45) is 10.8. The molecule has 0 atom stereocenters. The Bertz CT molecular complexity index is 3960. The first-order valence-corrected chi connectivity index (χ1v) is 31.5. The smallest absolute Gasteiger partial charge is 0.221 e. The summed E-state index contributed by atoms with van der Waals surface area (Å²) in [6, 6.07) is 50.4. The monoisotopic (exact) mass is 1310 g/mol. The van der Waals surface area contributed by atoms with Crippen molar-refractivity contribution in [2.45, 2.75) is 92.2 Å². The first-order valence-electron chi connectivity index (χ1n) is 28.1. The minimum Gasteiger partial charge on any atom is -0.390 e. The van der Waals surface area contributed by atoms with Gasteiger partial charge >= 0.3 is 0 Å². The van der Waals surface area contributed by atoms with Gasteiger partial charge in [0.15, 0.2) is 0 Å². The second-order valence-corrected chi connectivity index (χ2v) is 21.3. The highest BCUT2D eigenvalue weighted by Crippen LogP contribution is 2.25. The minimum absolute atomic E-state index is 0.0356. The van der Waals surface area contributed by atoms with E-state index < -0.39 is 9.23 Å². The number of aryl methyl sites for hydroxylation is 4. The fraction of sp³-hybridized carbons (Fsp3) is 0.215. The Morgan fingerprint density at radius 1 is 0.543 bits per heavy atom. The number of terminal acetylenes is 1. The summed E-state index contributed by atoms with van der Waals surface area (Å²) in [5.74, 6) is 3.17. The van der Waals surface area contributed by atoms with Crippen molar-refractivity contribution in [1.82, 2.24) is 59.8 Å².